The minimum Gasteiger partial charge on any atom is -0.492 e. The summed E-state index contributed by atoms with van der Waals surface area (Å²) in [7, 11) is 0. The number of primary amides is 1. The van der Waals surface area contributed by atoms with Crippen molar-refractivity contribution in [2.45, 2.75) is 39.7 Å². The predicted molar refractivity (Wildman–Crippen MR) is 135 cm³/mol. The van der Waals surface area contributed by atoms with Gasteiger partial charge in [0.05, 0.1) is 17.5 Å². The lowest BCUT2D eigenvalue weighted by Crippen LogP contribution is -2.53. The molecule has 0 bridgehead atoms. The first-order valence-corrected chi connectivity index (χ1v) is 12.1. The van der Waals surface area contributed by atoms with Crippen LogP contribution in [0.25, 0.3) is 0 Å². The number of carbonyl (C=O) groups excluding carboxylic acids is 3. The standard InChI is InChI=1S/C26H33ClN4O4/c1-3-18-7-8-20(24(29)33)22(13-18)35-16-26(9-11-31(12-10-26)23(32)14-28)25(34)30-15-19-5-4-6-21(27)17(19)2/h4-8,13H,3,9-12,14-16,28H2,1-2H3,(H2,29,33)(H,30,34). The Morgan fingerprint density at radius 1 is 1.17 bits per heavy atom. The van der Waals surface area contributed by atoms with Crippen molar-refractivity contribution in [1.82, 2.24) is 10.2 Å². The number of nitrogens with zero attached hydrogens (tertiary/aromatic N) is 1. The maximum Gasteiger partial charge on any atom is 0.252 e. The number of hydrogen-bond donors (Lipinski definition) is 3. The van der Waals surface area contributed by atoms with E-state index in [4.69, 9.17) is 27.8 Å². The number of benzene rings is 2. The molecule has 1 aliphatic heterocycles. The lowest BCUT2D eigenvalue weighted by Gasteiger charge is -2.40. The summed E-state index contributed by atoms with van der Waals surface area (Å²) in [5.74, 6) is -0.568. The molecule has 0 unspecified atom stereocenters. The number of hydrogen-bond acceptors (Lipinski definition) is 5. The zero-order chi connectivity index (χ0) is 25.6. The fourth-order valence-electron chi connectivity index (χ4n) is 4.28. The maximum absolute atomic E-state index is 13.6. The molecule has 3 amide bonds. The summed E-state index contributed by atoms with van der Waals surface area (Å²) in [4.78, 5) is 39.3. The second-order valence-electron chi connectivity index (χ2n) is 8.91. The molecule has 1 aliphatic rings. The van der Waals surface area contributed by atoms with Gasteiger partial charge in [-0.1, -0.05) is 36.7 Å². The summed E-state index contributed by atoms with van der Waals surface area (Å²) < 4.78 is 6.11. The lowest BCUT2D eigenvalue weighted by molar-refractivity contribution is -0.141. The van der Waals surface area contributed by atoms with Crippen LogP contribution in [0.3, 0.4) is 0 Å². The van der Waals surface area contributed by atoms with Crippen LogP contribution in [0.1, 0.15) is 46.8 Å². The molecule has 0 saturated carbocycles. The minimum atomic E-state index is -0.894. The highest BCUT2D eigenvalue weighted by molar-refractivity contribution is 6.31. The van der Waals surface area contributed by atoms with Crippen molar-refractivity contribution >= 4 is 29.3 Å². The van der Waals surface area contributed by atoms with E-state index in [1.54, 1.807) is 17.0 Å². The number of aryl methyl sites for hydroxylation is 1. The van der Waals surface area contributed by atoms with Crippen molar-refractivity contribution in [3.8, 4) is 5.75 Å². The van der Waals surface area contributed by atoms with E-state index in [9.17, 15) is 14.4 Å². The first kappa shape index (κ1) is 26.5. The van der Waals surface area contributed by atoms with Crippen LogP contribution in [-0.4, -0.2) is 48.9 Å². The number of amides is 3. The Bertz CT molecular complexity index is 1100. The Kier molecular flexibility index (Phi) is 8.75. The average molecular weight is 501 g/mol. The van der Waals surface area contributed by atoms with E-state index in [2.05, 4.69) is 5.32 Å². The maximum atomic E-state index is 13.6. The molecule has 0 aromatic heterocycles. The second kappa shape index (κ2) is 11.6. The summed E-state index contributed by atoms with van der Waals surface area (Å²) in [6, 6.07) is 10.8. The van der Waals surface area contributed by atoms with Crippen LogP contribution >= 0.6 is 11.6 Å². The lowest BCUT2D eigenvalue weighted by atomic mass is 9.78. The van der Waals surface area contributed by atoms with Gasteiger partial charge in [0.1, 0.15) is 12.4 Å². The van der Waals surface area contributed by atoms with Crippen molar-refractivity contribution in [1.29, 1.82) is 0 Å². The zero-order valence-electron chi connectivity index (χ0n) is 20.2. The third-order valence-corrected chi connectivity index (χ3v) is 7.18. The van der Waals surface area contributed by atoms with Crippen molar-refractivity contribution in [3.63, 3.8) is 0 Å². The number of piperidine rings is 1. The van der Waals surface area contributed by atoms with Gasteiger partial charge in [-0.2, -0.15) is 0 Å². The quantitative estimate of drug-likeness (QED) is 0.487. The SMILES string of the molecule is CCc1ccc(C(N)=O)c(OCC2(C(=O)NCc3cccc(Cl)c3C)CCN(C(=O)CN)CC2)c1. The monoisotopic (exact) mass is 500 g/mol. The first-order valence-electron chi connectivity index (χ1n) is 11.8. The molecular formula is C26H33ClN4O4. The van der Waals surface area contributed by atoms with Gasteiger partial charge in [-0.3, -0.25) is 14.4 Å². The Hall–Kier alpha value is -3.10. The second-order valence-corrected chi connectivity index (χ2v) is 9.32. The van der Waals surface area contributed by atoms with E-state index in [0.717, 1.165) is 23.1 Å². The number of nitrogens with one attached hydrogen (secondary N) is 1. The van der Waals surface area contributed by atoms with Crippen LogP contribution in [0.4, 0.5) is 0 Å². The Balaban J connectivity index is 1.82. The summed E-state index contributed by atoms with van der Waals surface area (Å²) in [5.41, 5.74) is 13.3. The highest BCUT2D eigenvalue weighted by atomic mass is 35.5. The predicted octanol–water partition coefficient (Wildman–Crippen LogP) is 2.57. The number of halogens is 1. The molecule has 9 heteroatoms. The molecule has 1 heterocycles. The van der Waals surface area contributed by atoms with E-state index in [0.29, 0.717) is 43.2 Å². The molecule has 35 heavy (non-hydrogen) atoms. The Morgan fingerprint density at radius 3 is 2.51 bits per heavy atom. The third-order valence-electron chi connectivity index (χ3n) is 6.77. The number of likely N-dealkylation sites (tertiary alicyclic amines) is 1. The van der Waals surface area contributed by atoms with Gasteiger partial charge in [-0.15, -0.1) is 0 Å². The fourth-order valence-corrected chi connectivity index (χ4v) is 4.48. The summed E-state index contributed by atoms with van der Waals surface area (Å²) in [6.45, 7) is 4.98. The molecule has 5 N–H and O–H groups in total. The third kappa shape index (κ3) is 6.13. The van der Waals surface area contributed by atoms with Crippen molar-refractivity contribution < 1.29 is 19.1 Å². The van der Waals surface area contributed by atoms with E-state index in [1.165, 1.54) is 0 Å². The van der Waals surface area contributed by atoms with Crippen LogP contribution in [0, 0.1) is 12.3 Å². The molecule has 0 spiro atoms. The largest absolute Gasteiger partial charge is 0.492 e. The number of carbonyl (C=O) groups is 3. The van der Waals surface area contributed by atoms with Gasteiger partial charge in [-0.25, -0.2) is 0 Å². The molecule has 188 valence electrons. The van der Waals surface area contributed by atoms with Gasteiger partial charge >= 0.3 is 0 Å². The molecule has 8 nitrogen and oxygen atoms in total. The van der Waals surface area contributed by atoms with E-state index in [-0.39, 0.29) is 30.5 Å². The van der Waals surface area contributed by atoms with E-state index >= 15 is 0 Å². The highest BCUT2D eigenvalue weighted by Crippen LogP contribution is 2.34. The van der Waals surface area contributed by atoms with Crippen molar-refractivity contribution in [2.75, 3.05) is 26.2 Å². The number of rotatable bonds is 9. The Morgan fingerprint density at radius 2 is 1.89 bits per heavy atom. The highest BCUT2D eigenvalue weighted by Gasteiger charge is 2.43. The summed E-state index contributed by atoms with van der Waals surface area (Å²) in [6.07, 6.45) is 1.56. The molecule has 0 atom stereocenters. The molecule has 2 aromatic rings. The van der Waals surface area contributed by atoms with Crippen LogP contribution in [0.15, 0.2) is 36.4 Å². The van der Waals surface area contributed by atoms with Crippen LogP contribution in [0.2, 0.25) is 5.02 Å². The van der Waals surface area contributed by atoms with Crippen LogP contribution in [0.5, 0.6) is 5.75 Å². The van der Waals surface area contributed by atoms with Gasteiger partial charge in [0.25, 0.3) is 5.91 Å². The van der Waals surface area contributed by atoms with Crippen LogP contribution < -0.4 is 21.5 Å². The van der Waals surface area contributed by atoms with Gasteiger partial charge < -0.3 is 26.4 Å². The van der Waals surface area contributed by atoms with Gasteiger partial charge in [0.15, 0.2) is 0 Å². The summed E-state index contributed by atoms with van der Waals surface area (Å²) >= 11 is 6.23. The van der Waals surface area contributed by atoms with E-state index < -0.39 is 11.3 Å². The molecule has 1 saturated heterocycles. The zero-order valence-corrected chi connectivity index (χ0v) is 21.0. The van der Waals surface area contributed by atoms with Crippen molar-refractivity contribution in [2.24, 2.45) is 16.9 Å². The first-order chi connectivity index (χ1) is 16.7. The molecular weight excluding hydrogens is 468 g/mol. The molecule has 0 aliphatic carbocycles. The summed E-state index contributed by atoms with van der Waals surface area (Å²) in [5, 5.41) is 3.67. The van der Waals surface area contributed by atoms with Crippen molar-refractivity contribution in [3.05, 3.63) is 63.7 Å². The normalized spacial score (nSPS) is 14.9. The van der Waals surface area contributed by atoms with Gasteiger partial charge in [0.2, 0.25) is 11.8 Å². The average Bonchev–Trinajstić information content (AvgIpc) is 2.87. The molecule has 2 aromatic carbocycles. The van der Waals surface area contributed by atoms with E-state index in [1.807, 2.05) is 38.1 Å². The topological polar surface area (TPSA) is 128 Å². The molecule has 0 radical (unpaired) electrons. The van der Waals surface area contributed by atoms with Gasteiger partial charge in [0, 0.05) is 24.7 Å². The van der Waals surface area contributed by atoms with Gasteiger partial charge in [-0.05, 0) is 61.1 Å². The number of ether oxygens (including phenoxy) is 1. The molecule has 1 fully saturated rings. The van der Waals surface area contributed by atoms with Crippen LogP contribution in [-0.2, 0) is 22.6 Å². The molecule has 3 rings (SSSR count). The number of nitrogens with two attached hydrogens (primary N) is 2. The minimum absolute atomic E-state index is 0.0471. The Labute approximate surface area is 210 Å². The smallest absolute Gasteiger partial charge is 0.252 e. The fraction of sp³-hybridized carbons (Fsp3) is 0.423.